The Bertz CT molecular complexity index is 1120. The highest BCUT2D eigenvalue weighted by Crippen LogP contribution is 2.23. The molecule has 3 N–H and O–H groups in total. The number of pyridine rings is 1. The van der Waals surface area contributed by atoms with Crippen LogP contribution in [0.2, 0.25) is 0 Å². The SMILES string of the molecule is NS(=O)(=O)c1ccc2c(c1)CN(C(=O)Cc1c[nH]c3ncccc13)CCC2. The van der Waals surface area contributed by atoms with Crippen molar-refractivity contribution in [2.45, 2.75) is 30.7 Å². The average Bonchev–Trinajstić information content (AvgIpc) is 2.91. The number of aromatic amines is 1. The number of nitrogens with zero attached hydrogens (tertiary/aromatic N) is 2. The number of carbonyl (C=O) groups is 1. The number of rotatable bonds is 3. The summed E-state index contributed by atoms with van der Waals surface area (Å²) in [6, 6.07) is 8.71. The Labute approximate surface area is 157 Å². The maximum absolute atomic E-state index is 12.9. The number of nitrogens with one attached hydrogen (secondary N) is 1. The third-order valence-electron chi connectivity index (χ3n) is 4.97. The zero-order valence-electron chi connectivity index (χ0n) is 14.7. The zero-order chi connectivity index (χ0) is 19.0. The van der Waals surface area contributed by atoms with Crippen molar-refractivity contribution in [3.05, 3.63) is 59.4 Å². The first-order valence-corrected chi connectivity index (χ1v) is 10.3. The summed E-state index contributed by atoms with van der Waals surface area (Å²) in [4.78, 5) is 22.1. The van der Waals surface area contributed by atoms with Gasteiger partial charge in [-0.15, -0.1) is 0 Å². The average molecular weight is 384 g/mol. The van der Waals surface area contributed by atoms with Gasteiger partial charge in [-0.25, -0.2) is 18.5 Å². The van der Waals surface area contributed by atoms with E-state index in [0.29, 0.717) is 13.1 Å². The van der Waals surface area contributed by atoms with Gasteiger partial charge < -0.3 is 9.88 Å². The van der Waals surface area contributed by atoms with Gasteiger partial charge >= 0.3 is 0 Å². The lowest BCUT2D eigenvalue weighted by Gasteiger charge is -2.21. The first-order chi connectivity index (χ1) is 12.9. The van der Waals surface area contributed by atoms with E-state index in [9.17, 15) is 13.2 Å². The minimum atomic E-state index is -3.77. The van der Waals surface area contributed by atoms with E-state index >= 15 is 0 Å². The van der Waals surface area contributed by atoms with Crippen LogP contribution < -0.4 is 5.14 Å². The van der Waals surface area contributed by atoms with Crippen LogP contribution in [0.5, 0.6) is 0 Å². The Morgan fingerprint density at radius 1 is 1.26 bits per heavy atom. The summed E-state index contributed by atoms with van der Waals surface area (Å²) >= 11 is 0. The predicted molar refractivity (Wildman–Crippen MR) is 101 cm³/mol. The van der Waals surface area contributed by atoms with Crippen LogP contribution in [0.1, 0.15) is 23.1 Å². The molecule has 2 aromatic heterocycles. The Hall–Kier alpha value is -2.71. The minimum Gasteiger partial charge on any atom is -0.346 e. The molecule has 0 saturated heterocycles. The van der Waals surface area contributed by atoms with E-state index in [2.05, 4.69) is 9.97 Å². The summed E-state index contributed by atoms with van der Waals surface area (Å²) in [6.45, 7) is 1.02. The van der Waals surface area contributed by atoms with Crippen molar-refractivity contribution in [1.29, 1.82) is 0 Å². The number of fused-ring (bicyclic) bond motifs is 2. The molecular weight excluding hydrogens is 364 g/mol. The van der Waals surface area contributed by atoms with Crippen molar-refractivity contribution in [3.8, 4) is 0 Å². The highest BCUT2D eigenvalue weighted by molar-refractivity contribution is 7.89. The van der Waals surface area contributed by atoms with Crippen LogP contribution in [0.4, 0.5) is 0 Å². The van der Waals surface area contributed by atoms with E-state index in [0.717, 1.165) is 40.6 Å². The van der Waals surface area contributed by atoms with Crippen LogP contribution in [0.25, 0.3) is 11.0 Å². The van der Waals surface area contributed by atoms with Crippen molar-refractivity contribution in [2.24, 2.45) is 5.14 Å². The van der Waals surface area contributed by atoms with Crippen molar-refractivity contribution in [1.82, 2.24) is 14.9 Å². The molecule has 0 radical (unpaired) electrons. The fourth-order valence-electron chi connectivity index (χ4n) is 3.56. The Kier molecular flexibility index (Phi) is 4.45. The summed E-state index contributed by atoms with van der Waals surface area (Å²) in [7, 11) is -3.77. The quantitative estimate of drug-likeness (QED) is 0.716. The number of hydrogen-bond donors (Lipinski definition) is 2. The maximum atomic E-state index is 12.9. The van der Waals surface area contributed by atoms with Gasteiger partial charge in [0.2, 0.25) is 15.9 Å². The molecule has 0 fully saturated rings. The first-order valence-electron chi connectivity index (χ1n) is 8.75. The summed E-state index contributed by atoms with van der Waals surface area (Å²) in [6.07, 6.45) is 5.44. The lowest BCUT2D eigenvalue weighted by molar-refractivity contribution is -0.131. The topological polar surface area (TPSA) is 109 Å². The zero-order valence-corrected chi connectivity index (χ0v) is 15.5. The number of carbonyl (C=O) groups excluding carboxylic acids is 1. The molecule has 1 amide bonds. The normalized spacial score (nSPS) is 14.8. The fraction of sp³-hybridized carbons (Fsp3) is 0.263. The predicted octanol–water partition coefficient (Wildman–Crippen LogP) is 1.73. The van der Waals surface area contributed by atoms with Gasteiger partial charge in [-0.3, -0.25) is 4.79 Å². The molecule has 1 aromatic carbocycles. The minimum absolute atomic E-state index is 0.00797. The Morgan fingerprint density at radius 2 is 2.11 bits per heavy atom. The molecule has 0 atom stereocenters. The summed E-state index contributed by atoms with van der Waals surface area (Å²) in [5.41, 5.74) is 3.58. The molecule has 8 heteroatoms. The molecular formula is C19H20N4O3S. The molecule has 7 nitrogen and oxygen atoms in total. The second-order valence-electron chi connectivity index (χ2n) is 6.78. The fourth-order valence-corrected chi connectivity index (χ4v) is 4.13. The number of amides is 1. The van der Waals surface area contributed by atoms with E-state index in [1.54, 1.807) is 23.2 Å². The first kappa shape index (κ1) is 17.7. The smallest absolute Gasteiger partial charge is 0.238 e. The van der Waals surface area contributed by atoms with Crippen LogP contribution >= 0.6 is 0 Å². The van der Waals surface area contributed by atoms with Crippen molar-refractivity contribution < 1.29 is 13.2 Å². The summed E-state index contributed by atoms with van der Waals surface area (Å²) < 4.78 is 23.3. The van der Waals surface area contributed by atoms with E-state index in [1.807, 2.05) is 18.3 Å². The summed E-state index contributed by atoms with van der Waals surface area (Å²) in [5, 5.41) is 6.19. The van der Waals surface area contributed by atoms with Gasteiger partial charge in [-0.2, -0.15) is 0 Å². The molecule has 1 aliphatic rings. The second kappa shape index (κ2) is 6.79. The standard InChI is InChI=1S/C19H20N4O3S/c20-27(25,26)16-6-5-13-3-2-8-23(12-15(13)9-16)18(24)10-14-11-22-19-17(14)4-1-7-21-19/h1,4-7,9,11H,2-3,8,10,12H2,(H,21,22)(H2,20,25,26). The van der Waals surface area contributed by atoms with E-state index < -0.39 is 10.0 Å². The molecule has 27 heavy (non-hydrogen) atoms. The van der Waals surface area contributed by atoms with Gasteiger partial charge in [-0.1, -0.05) is 6.07 Å². The van der Waals surface area contributed by atoms with Crippen LogP contribution in [0.3, 0.4) is 0 Å². The third kappa shape index (κ3) is 3.58. The van der Waals surface area contributed by atoms with Crippen LogP contribution in [-0.4, -0.2) is 35.7 Å². The lowest BCUT2D eigenvalue weighted by Crippen LogP contribution is -2.32. The molecule has 3 heterocycles. The number of sulfonamides is 1. The molecule has 140 valence electrons. The largest absolute Gasteiger partial charge is 0.346 e. The molecule has 0 saturated carbocycles. The number of H-pyrrole nitrogens is 1. The lowest BCUT2D eigenvalue weighted by atomic mass is 10.0. The van der Waals surface area contributed by atoms with E-state index in [-0.39, 0.29) is 17.2 Å². The molecule has 0 aliphatic carbocycles. The van der Waals surface area contributed by atoms with Gasteiger partial charge in [0.1, 0.15) is 5.65 Å². The number of nitrogens with two attached hydrogens (primary N) is 1. The molecule has 1 aliphatic heterocycles. The van der Waals surface area contributed by atoms with Crippen LogP contribution in [0, 0.1) is 0 Å². The third-order valence-corrected chi connectivity index (χ3v) is 5.88. The van der Waals surface area contributed by atoms with Crippen LogP contribution in [-0.2, 0) is 34.2 Å². The highest BCUT2D eigenvalue weighted by atomic mass is 32.2. The van der Waals surface area contributed by atoms with Crippen molar-refractivity contribution in [2.75, 3.05) is 6.54 Å². The number of hydrogen-bond acceptors (Lipinski definition) is 4. The van der Waals surface area contributed by atoms with E-state index in [4.69, 9.17) is 5.14 Å². The van der Waals surface area contributed by atoms with E-state index in [1.165, 1.54) is 6.07 Å². The van der Waals surface area contributed by atoms with Gasteiger partial charge in [0.15, 0.2) is 0 Å². The molecule has 3 aromatic rings. The molecule has 0 spiro atoms. The van der Waals surface area contributed by atoms with Gasteiger partial charge in [0, 0.05) is 30.9 Å². The number of aromatic nitrogens is 2. The second-order valence-corrected chi connectivity index (χ2v) is 8.35. The Balaban J connectivity index is 1.58. The van der Waals surface area contributed by atoms with Gasteiger partial charge in [0.25, 0.3) is 0 Å². The monoisotopic (exact) mass is 384 g/mol. The molecule has 0 bridgehead atoms. The van der Waals surface area contributed by atoms with Gasteiger partial charge in [0.05, 0.1) is 11.3 Å². The molecule has 4 rings (SSSR count). The number of benzene rings is 1. The van der Waals surface area contributed by atoms with Gasteiger partial charge in [-0.05, 0) is 53.8 Å². The van der Waals surface area contributed by atoms with Crippen molar-refractivity contribution >= 4 is 27.0 Å². The van der Waals surface area contributed by atoms with Crippen LogP contribution in [0.15, 0.2) is 47.6 Å². The highest BCUT2D eigenvalue weighted by Gasteiger charge is 2.21. The molecule has 0 unspecified atom stereocenters. The van der Waals surface area contributed by atoms with Crippen molar-refractivity contribution in [3.63, 3.8) is 0 Å². The Morgan fingerprint density at radius 3 is 2.93 bits per heavy atom. The number of primary sulfonamides is 1. The number of aryl methyl sites for hydroxylation is 1. The maximum Gasteiger partial charge on any atom is 0.238 e. The summed E-state index contributed by atoms with van der Waals surface area (Å²) in [5.74, 6) is 0.00797.